The lowest BCUT2D eigenvalue weighted by molar-refractivity contribution is -0.131. The third-order valence-corrected chi connectivity index (χ3v) is 6.77. The normalized spacial score (nSPS) is 20.4. The molecule has 0 N–H and O–H groups in total. The van der Waals surface area contributed by atoms with Crippen LogP contribution in [-0.2, 0) is 17.9 Å². The predicted molar refractivity (Wildman–Crippen MR) is 106 cm³/mol. The fraction of sp³-hybridized carbons (Fsp3) is 0.524. The summed E-state index contributed by atoms with van der Waals surface area (Å²) in [5.41, 5.74) is 1.42. The van der Waals surface area contributed by atoms with Crippen molar-refractivity contribution in [2.75, 3.05) is 13.1 Å². The first-order valence-corrected chi connectivity index (χ1v) is 10.4. The molecule has 8 heteroatoms. The van der Waals surface area contributed by atoms with Crippen LogP contribution in [0.5, 0.6) is 0 Å². The number of carbonyl (C=O) groups is 1. The van der Waals surface area contributed by atoms with E-state index in [9.17, 15) is 9.59 Å². The van der Waals surface area contributed by atoms with Crippen LogP contribution in [0.3, 0.4) is 0 Å². The number of oxazole rings is 1. The van der Waals surface area contributed by atoms with Gasteiger partial charge in [0.15, 0.2) is 5.58 Å². The van der Waals surface area contributed by atoms with Gasteiger partial charge >= 0.3 is 5.76 Å². The Balaban J connectivity index is 1.33. The second-order valence-electron chi connectivity index (χ2n) is 8.26. The fourth-order valence-corrected chi connectivity index (χ4v) is 5.02. The highest BCUT2D eigenvalue weighted by molar-refractivity contribution is 5.77. The Morgan fingerprint density at radius 2 is 2.14 bits per heavy atom. The second kappa shape index (κ2) is 6.86. The number of hydrogen-bond acceptors (Lipinski definition) is 5. The molecular weight excluding hydrogens is 370 g/mol. The first-order valence-electron chi connectivity index (χ1n) is 10.4. The number of hydrogen-bond donors (Lipinski definition) is 0. The minimum Gasteiger partial charge on any atom is -0.408 e. The number of carbonyl (C=O) groups excluding carboxylic acids is 1. The van der Waals surface area contributed by atoms with Crippen LogP contribution in [-0.4, -0.2) is 43.2 Å². The van der Waals surface area contributed by atoms with Gasteiger partial charge in [-0.15, -0.1) is 10.2 Å². The van der Waals surface area contributed by atoms with Crippen molar-refractivity contribution in [3.63, 3.8) is 0 Å². The van der Waals surface area contributed by atoms with Crippen LogP contribution >= 0.6 is 0 Å². The third-order valence-electron chi connectivity index (χ3n) is 6.77. The molecule has 1 saturated carbocycles. The van der Waals surface area contributed by atoms with Crippen molar-refractivity contribution in [3.05, 3.63) is 47.0 Å². The van der Waals surface area contributed by atoms with Crippen LogP contribution in [0.25, 0.3) is 11.1 Å². The average molecular weight is 395 g/mol. The van der Waals surface area contributed by atoms with E-state index in [0.717, 1.165) is 37.3 Å². The van der Waals surface area contributed by atoms with Gasteiger partial charge in [0.1, 0.15) is 12.2 Å². The third kappa shape index (κ3) is 2.89. The van der Waals surface area contributed by atoms with Gasteiger partial charge in [0, 0.05) is 38.5 Å². The van der Waals surface area contributed by atoms with Gasteiger partial charge < -0.3 is 13.9 Å². The molecule has 3 heterocycles. The number of benzene rings is 1. The number of nitrogens with zero attached hydrogens (tertiary/aromatic N) is 5. The molecule has 1 unspecified atom stereocenters. The fourth-order valence-electron chi connectivity index (χ4n) is 5.02. The van der Waals surface area contributed by atoms with E-state index in [2.05, 4.69) is 21.7 Å². The van der Waals surface area contributed by atoms with E-state index in [-0.39, 0.29) is 23.7 Å². The van der Waals surface area contributed by atoms with Gasteiger partial charge in [0.25, 0.3) is 0 Å². The zero-order valence-corrected chi connectivity index (χ0v) is 16.6. The number of fused-ring (bicyclic) bond motifs is 1. The van der Waals surface area contributed by atoms with E-state index in [4.69, 9.17) is 4.42 Å². The van der Waals surface area contributed by atoms with Gasteiger partial charge in [-0.2, -0.15) is 0 Å². The van der Waals surface area contributed by atoms with Crippen LogP contribution in [0.15, 0.2) is 39.8 Å². The number of amides is 1. The zero-order chi connectivity index (χ0) is 20.0. The summed E-state index contributed by atoms with van der Waals surface area (Å²) in [6.07, 6.45) is 5.53. The second-order valence-corrected chi connectivity index (χ2v) is 8.26. The quantitative estimate of drug-likeness (QED) is 0.662. The monoisotopic (exact) mass is 395 g/mol. The highest BCUT2D eigenvalue weighted by atomic mass is 16.4. The topological polar surface area (TPSA) is 86.2 Å². The summed E-state index contributed by atoms with van der Waals surface area (Å²) in [6.45, 7) is 4.70. The Hall–Kier alpha value is -2.90. The number of para-hydroxylation sites is 2. The van der Waals surface area contributed by atoms with E-state index in [1.54, 1.807) is 17.0 Å². The minimum absolute atomic E-state index is 0.0820. The predicted octanol–water partition coefficient (Wildman–Crippen LogP) is 2.39. The zero-order valence-electron chi connectivity index (χ0n) is 16.6. The Labute approximate surface area is 168 Å². The number of aromatic nitrogens is 4. The number of likely N-dealkylation sites (tertiary alicyclic amines) is 1. The molecule has 0 bridgehead atoms. The van der Waals surface area contributed by atoms with Gasteiger partial charge in [-0.1, -0.05) is 18.6 Å². The van der Waals surface area contributed by atoms with Gasteiger partial charge in [0.2, 0.25) is 5.91 Å². The molecule has 2 aromatic heterocycles. The molecule has 152 valence electrons. The summed E-state index contributed by atoms with van der Waals surface area (Å²) < 4.78 is 8.91. The highest BCUT2D eigenvalue weighted by Crippen LogP contribution is 2.55. The summed E-state index contributed by atoms with van der Waals surface area (Å²) in [5, 5.41) is 8.49. The van der Waals surface area contributed by atoms with Gasteiger partial charge in [-0.25, -0.2) is 4.79 Å². The van der Waals surface area contributed by atoms with Gasteiger partial charge in [-0.3, -0.25) is 9.36 Å². The smallest absolute Gasteiger partial charge is 0.408 e. The van der Waals surface area contributed by atoms with Crippen LogP contribution in [0, 0.1) is 5.41 Å². The highest BCUT2D eigenvalue weighted by Gasteiger charge is 2.53. The van der Waals surface area contributed by atoms with E-state index in [1.165, 1.54) is 6.42 Å². The molecule has 29 heavy (non-hydrogen) atoms. The Morgan fingerprint density at radius 3 is 2.90 bits per heavy atom. The summed E-state index contributed by atoms with van der Waals surface area (Å²) >= 11 is 0. The SMILES string of the molecule is CCn1cnnc1C1CN(C(=O)CCn2c(=O)oc3ccccc32)CC12CCC2. The van der Waals surface area contributed by atoms with Crippen molar-refractivity contribution >= 4 is 17.0 Å². The number of rotatable bonds is 5. The molecule has 5 rings (SSSR count). The standard InChI is InChI=1S/C21H25N5O3/c1-2-24-14-22-23-19(24)15-12-25(13-21(15)9-5-10-21)18(27)8-11-26-16-6-3-4-7-17(16)29-20(26)28/h3-4,6-7,14-15H,2,5,8-13H2,1H3. The maximum atomic E-state index is 13.0. The summed E-state index contributed by atoms with van der Waals surface area (Å²) in [5.74, 6) is 0.906. The van der Waals surface area contributed by atoms with E-state index in [1.807, 2.05) is 23.1 Å². The summed E-state index contributed by atoms with van der Waals surface area (Å²) in [7, 11) is 0. The lowest BCUT2D eigenvalue weighted by atomic mass is 9.62. The lowest BCUT2D eigenvalue weighted by Gasteiger charge is -2.42. The van der Waals surface area contributed by atoms with Crippen LogP contribution in [0.1, 0.15) is 44.3 Å². The van der Waals surface area contributed by atoms with E-state index >= 15 is 0 Å². The molecule has 1 aromatic carbocycles. The average Bonchev–Trinajstić information content (AvgIpc) is 3.39. The molecule has 2 fully saturated rings. The molecule has 2 aliphatic rings. The molecule has 1 aliphatic carbocycles. The maximum absolute atomic E-state index is 13.0. The Bertz CT molecular complexity index is 1110. The van der Waals surface area contributed by atoms with Crippen molar-refractivity contribution < 1.29 is 9.21 Å². The van der Waals surface area contributed by atoms with Crippen LogP contribution in [0.4, 0.5) is 0 Å². The summed E-state index contributed by atoms with van der Waals surface area (Å²) in [6, 6.07) is 7.31. The maximum Gasteiger partial charge on any atom is 0.419 e. The molecule has 1 spiro atoms. The first-order chi connectivity index (χ1) is 14.1. The molecule has 1 saturated heterocycles. The van der Waals surface area contributed by atoms with Gasteiger partial charge in [-0.05, 0) is 37.3 Å². The first kappa shape index (κ1) is 18.1. The number of aryl methyl sites for hydroxylation is 2. The molecule has 3 aromatic rings. The van der Waals surface area contributed by atoms with Crippen molar-refractivity contribution in [2.24, 2.45) is 5.41 Å². The van der Waals surface area contributed by atoms with Crippen LogP contribution in [0.2, 0.25) is 0 Å². The van der Waals surface area contributed by atoms with E-state index < -0.39 is 5.76 Å². The van der Waals surface area contributed by atoms with Crippen molar-refractivity contribution in [3.8, 4) is 0 Å². The van der Waals surface area contributed by atoms with Gasteiger partial charge in [0.05, 0.1) is 5.52 Å². The largest absolute Gasteiger partial charge is 0.419 e. The minimum atomic E-state index is -0.412. The molecule has 1 amide bonds. The summed E-state index contributed by atoms with van der Waals surface area (Å²) in [4.78, 5) is 27.1. The molecular formula is C21H25N5O3. The molecule has 1 aliphatic heterocycles. The Kier molecular flexibility index (Phi) is 4.29. The van der Waals surface area contributed by atoms with Crippen molar-refractivity contribution in [1.82, 2.24) is 24.2 Å². The molecule has 0 radical (unpaired) electrons. The van der Waals surface area contributed by atoms with E-state index in [0.29, 0.717) is 18.7 Å². The molecule has 8 nitrogen and oxygen atoms in total. The van der Waals surface area contributed by atoms with Crippen molar-refractivity contribution in [2.45, 2.75) is 51.6 Å². The lowest BCUT2D eigenvalue weighted by Crippen LogP contribution is -2.38. The van der Waals surface area contributed by atoms with Crippen LogP contribution < -0.4 is 5.76 Å². The Morgan fingerprint density at radius 1 is 1.31 bits per heavy atom. The molecule has 1 atom stereocenters. The van der Waals surface area contributed by atoms with Crippen molar-refractivity contribution in [1.29, 1.82) is 0 Å².